The van der Waals surface area contributed by atoms with Crippen molar-refractivity contribution in [3.63, 3.8) is 0 Å². The molecule has 0 amide bonds. The highest BCUT2D eigenvalue weighted by Crippen LogP contribution is 2.34. The average molecular weight is 298 g/mol. The Balaban J connectivity index is 2.05. The molecule has 0 aliphatic carbocycles. The van der Waals surface area contributed by atoms with Crippen molar-refractivity contribution in [2.75, 3.05) is 39.8 Å². The Morgan fingerprint density at radius 3 is 2.10 bits per heavy atom. The molecule has 0 saturated carbocycles. The second-order valence-corrected chi connectivity index (χ2v) is 5.42. The number of benzene rings is 1. The summed E-state index contributed by atoms with van der Waals surface area (Å²) in [5.41, 5.74) is 0.0949. The third kappa shape index (κ3) is 3.73. The van der Waals surface area contributed by atoms with E-state index in [1.54, 1.807) is 14.2 Å². The first-order valence-corrected chi connectivity index (χ1v) is 7.39. The molecule has 1 aliphatic rings. The molecule has 1 aliphatic heterocycles. The van der Waals surface area contributed by atoms with E-state index < -0.39 is 0 Å². The van der Waals surface area contributed by atoms with Gasteiger partial charge in [0.25, 0.3) is 0 Å². The van der Waals surface area contributed by atoms with Crippen molar-refractivity contribution in [1.82, 2.24) is 0 Å². The number of thiol groups is 1. The summed E-state index contributed by atoms with van der Waals surface area (Å²) in [5, 5.41) is 0. The second-order valence-electron chi connectivity index (χ2n) is 5.11. The molecule has 1 saturated heterocycles. The quantitative estimate of drug-likeness (QED) is 0.819. The van der Waals surface area contributed by atoms with E-state index in [1.165, 1.54) is 0 Å². The lowest BCUT2D eigenvalue weighted by Crippen LogP contribution is -2.36. The van der Waals surface area contributed by atoms with Crippen LogP contribution in [0.5, 0.6) is 17.2 Å². The first-order chi connectivity index (χ1) is 9.71. The molecule has 0 N–H and O–H groups in total. The van der Waals surface area contributed by atoms with E-state index in [1.807, 2.05) is 18.2 Å². The van der Waals surface area contributed by atoms with Gasteiger partial charge in [0, 0.05) is 36.8 Å². The molecule has 1 heterocycles. The average Bonchev–Trinajstić information content (AvgIpc) is 2.53. The van der Waals surface area contributed by atoms with Crippen molar-refractivity contribution < 1.29 is 18.9 Å². The molecule has 4 nitrogen and oxygen atoms in total. The summed E-state index contributed by atoms with van der Waals surface area (Å²) in [7, 11) is 3.26. The zero-order chi connectivity index (χ0) is 14.4. The summed E-state index contributed by atoms with van der Waals surface area (Å²) in [6, 6.07) is 5.57. The van der Waals surface area contributed by atoms with Gasteiger partial charge in [0.15, 0.2) is 0 Å². The zero-order valence-electron chi connectivity index (χ0n) is 12.1. The van der Waals surface area contributed by atoms with Crippen molar-refractivity contribution in [1.29, 1.82) is 0 Å². The summed E-state index contributed by atoms with van der Waals surface area (Å²) >= 11 is 4.49. The maximum absolute atomic E-state index is 5.96. The van der Waals surface area contributed by atoms with Gasteiger partial charge >= 0.3 is 0 Å². The van der Waals surface area contributed by atoms with Gasteiger partial charge in [-0.05, 0) is 18.6 Å². The number of methoxy groups -OCH3 is 2. The van der Waals surface area contributed by atoms with Crippen LogP contribution in [-0.4, -0.2) is 39.8 Å². The summed E-state index contributed by atoms with van der Waals surface area (Å²) in [4.78, 5) is 0. The van der Waals surface area contributed by atoms with Crippen molar-refractivity contribution in [2.24, 2.45) is 5.41 Å². The van der Waals surface area contributed by atoms with Gasteiger partial charge < -0.3 is 18.9 Å². The van der Waals surface area contributed by atoms with Gasteiger partial charge in [0.05, 0.1) is 20.8 Å². The van der Waals surface area contributed by atoms with Crippen LogP contribution in [0.15, 0.2) is 18.2 Å². The highest BCUT2D eigenvalue weighted by molar-refractivity contribution is 7.80. The third-order valence-corrected chi connectivity index (χ3v) is 4.43. The van der Waals surface area contributed by atoms with E-state index in [2.05, 4.69) is 12.6 Å². The molecule has 1 aromatic carbocycles. The molecular formula is C15H22O4S. The van der Waals surface area contributed by atoms with E-state index in [0.717, 1.165) is 49.1 Å². The zero-order valence-corrected chi connectivity index (χ0v) is 12.9. The Labute approximate surface area is 125 Å². The summed E-state index contributed by atoms with van der Waals surface area (Å²) in [5.74, 6) is 3.02. The van der Waals surface area contributed by atoms with E-state index in [-0.39, 0.29) is 5.41 Å². The van der Waals surface area contributed by atoms with Crippen molar-refractivity contribution in [3.8, 4) is 17.2 Å². The largest absolute Gasteiger partial charge is 0.496 e. The molecule has 0 aromatic heterocycles. The Morgan fingerprint density at radius 1 is 1.05 bits per heavy atom. The fourth-order valence-corrected chi connectivity index (χ4v) is 2.66. The fraction of sp³-hybridized carbons (Fsp3) is 0.600. The minimum atomic E-state index is 0.0949. The van der Waals surface area contributed by atoms with Crippen LogP contribution in [0.4, 0.5) is 0 Å². The van der Waals surface area contributed by atoms with Crippen LogP contribution in [0.3, 0.4) is 0 Å². The lowest BCUT2D eigenvalue weighted by molar-refractivity contribution is 0.00304. The smallest absolute Gasteiger partial charge is 0.126 e. The first-order valence-electron chi connectivity index (χ1n) is 6.76. The highest BCUT2D eigenvalue weighted by Gasteiger charge is 2.32. The van der Waals surface area contributed by atoms with Crippen LogP contribution < -0.4 is 14.2 Å². The summed E-state index contributed by atoms with van der Waals surface area (Å²) in [6.07, 6.45) is 1.97. The summed E-state index contributed by atoms with van der Waals surface area (Å²) in [6.45, 7) is 2.20. The van der Waals surface area contributed by atoms with E-state index in [4.69, 9.17) is 18.9 Å². The number of rotatable bonds is 6. The van der Waals surface area contributed by atoms with Crippen LogP contribution in [0.1, 0.15) is 12.8 Å². The Hall–Kier alpha value is -1.07. The molecule has 0 unspecified atom stereocenters. The van der Waals surface area contributed by atoms with Crippen LogP contribution >= 0.6 is 12.6 Å². The van der Waals surface area contributed by atoms with Crippen molar-refractivity contribution in [3.05, 3.63) is 18.2 Å². The first kappa shape index (κ1) is 15.3. The van der Waals surface area contributed by atoms with E-state index >= 15 is 0 Å². The molecule has 2 rings (SSSR count). The maximum atomic E-state index is 5.96. The molecule has 20 heavy (non-hydrogen) atoms. The number of hydrogen-bond donors (Lipinski definition) is 1. The van der Waals surface area contributed by atoms with Gasteiger partial charge in [-0.25, -0.2) is 0 Å². The Kier molecular flexibility index (Phi) is 5.43. The molecular weight excluding hydrogens is 276 g/mol. The molecule has 1 aromatic rings. The molecule has 112 valence electrons. The van der Waals surface area contributed by atoms with Crippen LogP contribution in [-0.2, 0) is 4.74 Å². The van der Waals surface area contributed by atoms with Gasteiger partial charge in [-0.15, -0.1) is 0 Å². The predicted octanol–water partition coefficient (Wildman–Crippen LogP) is 2.81. The standard InChI is InChI=1S/C15H22O4S/c1-16-12-7-13(17-2)9-14(8-12)19-10-15(11-20)3-5-18-6-4-15/h7-9,20H,3-6,10-11H2,1-2H3. The van der Waals surface area contributed by atoms with E-state index in [0.29, 0.717) is 6.61 Å². The van der Waals surface area contributed by atoms with Crippen LogP contribution in [0.2, 0.25) is 0 Å². The van der Waals surface area contributed by atoms with Crippen molar-refractivity contribution in [2.45, 2.75) is 12.8 Å². The molecule has 5 heteroatoms. The monoisotopic (exact) mass is 298 g/mol. The molecule has 0 bridgehead atoms. The molecule has 0 spiro atoms. The Morgan fingerprint density at radius 2 is 1.60 bits per heavy atom. The molecule has 0 atom stereocenters. The Bertz CT molecular complexity index is 408. The molecule has 0 radical (unpaired) electrons. The molecule has 1 fully saturated rings. The highest BCUT2D eigenvalue weighted by atomic mass is 32.1. The lowest BCUT2D eigenvalue weighted by atomic mass is 9.83. The minimum Gasteiger partial charge on any atom is -0.496 e. The van der Waals surface area contributed by atoms with Crippen molar-refractivity contribution >= 4 is 12.6 Å². The third-order valence-electron chi connectivity index (χ3n) is 3.76. The number of ether oxygens (including phenoxy) is 4. The van der Waals surface area contributed by atoms with Crippen LogP contribution in [0, 0.1) is 5.41 Å². The number of hydrogen-bond acceptors (Lipinski definition) is 5. The minimum absolute atomic E-state index is 0.0949. The second kappa shape index (κ2) is 7.09. The van der Waals surface area contributed by atoms with Gasteiger partial charge in [-0.2, -0.15) is 12.6 Å². The van der Waals surface area contributed by atoms with Gasteiger partial charge in [-0.1, -0.05) is 0 Å². The van der Waals surface area contributed by atoms with E-state index in [9.17, 15) is 0 Å². The SMILES string of the molecule is COc1cc(OC)cc(OCC2(CS)CCOCC2)c1. The maximum Gasteiger partial charge on any atom is 0.126 e. The topological polar surface area (TPSA) is 36.9 Å². The van der Waals surface area contributed by atoms with Gasteiger partial charge in [0.2, 0.25) is 0 Å². The van der Waals surface area contributed by atoms with Gasteiger partial charge in [-0.3, -0.25) is 0 Å². The fourth-order valence-electron chi connectivity index (χ4n) is 2.25. The predicted molar refractivity (Wildman–Crippen MR) is 81.4 cm³/mol. The summed E-state index contributed by atoms with van der Waals surface area (Å²) < 4.78 is 21.9. The van der Waals surface area contributed by atoms with Gasteiger partial charge in [0.1, 0.15) is 17.2 Å². The van der Waals surface area contributed by atoms with Crippen LogP contribution in [0.25, 0.3) is 0 Å². The lowest BCUT2D eigenvalue weighted by Gasteiger charge is -2.35. The normalized spacial score (nSPS) is 17.6.